The molecule has 4 rings (SSSR count). The molecule has 10 heteroatoms. The fourth-order valence-corrected chi connectivity index (χ4v) is 4.93. The molecule has 0 aliphatic heterocycles. The van der Waals surface area contributed by atoms with Gasteiger partial charge in [-0.15, -0.1) is 22.7 Å². The molecule has 1 unspecified atom stereocenters. The van der Waals surface area contributed by atoms with E-state index in [2.05, 4.69) is 29.1 Å². The summed E-state index contributed by atoms with van der Waals surface area (Å²) in [4.78, 5) is 36.9. The number of hydrogen-bond acceptors (Lipinski definition) is 8. The van der Waals surface area contributed by atoms with Crippen LogP contribution in [0.15, 0.2) is 51.2 Å². The summed E-state index contributed by atoms with van der Waals surface area (Å²) in [5.41, 5.74) is 4.90. The average Bonchev–Trinajstić information content (AvgIpc) is 3.58. The normalized spacial score (nSPS) is 12.1. The molecule has 2 amide bonds. The fraction of sp³-hybridized carbons (Fsp3) is 0.360. The first-order chi connectivity index (χ1) is 16.9. The first kappa shape index (κ1) is 24.9. The molecule has 0 radical (unpaired) electrons. The number of thiazole rings is 2. The van der Waals surface area contributed by atoms with Crippen molar-refractivity contribution in [2.45, 2.75) is 46.4 Å². The van der Waals surface area contributed by atoms with Gasteiger partial charge in [0.05, 0.1) is 34.7 Å². The minimum absolute atomic E-state index is 0.0817. The number of aryl methyl sites for hydroxylation is 1. The van der Waals surface area contributed by atoms with E-state index in [1.807, 2.05) is 41.9 Å². The van der Waals surface area contributed by atoms with Gasteiger partial charge in [-0.05, 0) is 36.6 Å². The van der Waals surface area contributed by atoms with E-state index in [0.29, 0.717) is 13.1 Å². The number of nitrogens with one attached hydrogen (secondary N) is 1. The summed E-state index contributed by atoms with van der Waals surface area (Å²) in [5.74, 6) is 0.0671. The number of amides is 2. The van der Waals surface area contributed by atoms with Crippen molar-refractivity contribution >= 4 is 45.6 Å². The second-order valence-corrected chi connectivity index (χ2v) is 10.5. The topological polar surface area (TPSA) is 97.6 Å². The van der Waals surface area contributed by atoms with Gasteiger partial charge in [-0.2, -0.15) is 0 Å². The van der Waals surface area contributed by atoms with Crippen molar-refractivity contribution in [3.05, 3.63) is 68.8 Å². The van der Waals surface area contributed by atoms with Gasteiger partial charge in [0.25, 0.3) is 0 Å². The lowest BCUT2D eigenvalue weighted by Crippen LogP contribution is -2.50. The maximum Gasteiger partial charge on any atom is 0.408 e. The fourth-order valence-electron chi connectivity index (χ4n) is 3.76. The van der Waals surface area contributed by atoms with E-state index < -0.39 is 12.1 Å². The third kappa shape index (κ3) is 6.89. The van der Waals surface area contributed by atoms with Gasteiger partial charge in [0, 0.05) is 29.1 Å². The molecule has 35 heavy (non-hydrogen) atoms. The van der Waals surface area contributed by atoms with Crippen molar-refractivity contribution in [2.24, 2.45) is 5.92 Å². The Morgan fingerprint density at radius 2 is 2.06 bits per heavy atom. The highest BCUT2D eigenvalue weighted by molar-refractivity contribution is 7.09. The molecular formula is C25H28N4O4S2. The number of hydrogen-bond donors (Lipinski definition) is 1. The molecule has 0 bridgehead atoms. The average molecular weight is 513 g/mol. The van der Waals surface area contributed by atoms with Crippen molar-refractivity contribution in [3.8, 4) is 0 Å². The van der Waals surface area contributed by atoms with Crippen LogP contribution in [0.5, 0.6) is 0 Å². The number of fused-ring (bicyclic) bond motifs is 1. The Morgan fingerprint density at radius 3 is 2.77 bits per heavy atom. The van der Waals surface area contributed by atoms with Crippen molar-refractivity contribution in [1.29, 1.82) is 0 Å². The van der Waals surface area contributed by atoms with Crippen LogP contribution in [0, 0.1) is 12.8 Å². The number of rotatable bonds is 10. The van der Waals surface area contributed by atoms with Gasteiger partial charge in [-0.1, -0.05) is 19.9 Å². The standard InChI is InChI=1S/C25H28N4O4S2/c1-16(2)10-29(11-21-14-35-17(3)27-21)24(30)22(9-20-13-34-15-26-20)28-25(31)33-12-18-4-5-23-19(8-18)6-7-32-23/h4-8,13-16,22H,9-12H2,1-3H3,(H,28,31). The molecule has 1 aromatic carbocycles. The highest BCUT2D eigenvalue weighted by Crippen LogP contribution is 2.18. The largest absolute Gasteiger partial charge is 0.464 e. The van der Waals surface area contributed by atoms with Crippen molar-refractivity contribution in [3.63, 3.8) is 0 Å². The van der Waals surface area contributed by atoms with Gasteiger partial charge >= 0.3 is 6.09 Å². The smallest absolute Gasteiger partial charge is 0.408 e. The van der Waals surface area contributed by atoms with Crippen LogP contribution < -0.4 is 5.32 Å². The second-order valence-electron chi connectivity index (χ2n) is 8.72. The molecule has 0 aliphatic carbocycles. The van der Waals surface area contributed by atoms with Gasteiger partial charge in [-0.3, -0.25) is 4.79 Å². The van der Waals surface area contributed by atoms with Gasteiger partial charge in [0.2, 0.25) is 5.91 Å². The molecule has 3 heterocycles. The molecule has 0 spiro atoms. The molecule has 0 fully saturated rings. The number of aromatic nitrogens is 2. The third-order valence-electron chi connectivity index (χ3n) is 5.29. The zero-order valence-electron chi connectivity index (χ0n) is 19.9. The van der Waals surface area contributed by atoms with E-state index in [1.165, 1.54) is 11.3 Å². The molecule has 1 atom stereocenters. The van der Waals surface area contributed by atoms with E-state index in [0.717, 1.165) is 32.9 Å². The van der Waals surface area contributed by atoms with Gasteiger partial charge in [0.1, 0.15) is 18.2 Å². The van der Waals surface area contributed by atoms with E-state index in [1.54, 1.807) is 28.0 Å². The van der Waals surface area contributed by atoms with E-state index in [-0.39, 0.29) is 24.9 Å². The molecule has 1 N–H and O–H groups in total. The molecule has 0 saturated heterocycles. The maximum absolute atomic E-state index is 13.6. The van der Waals surface area contributed by atoms with E-state index in [9.17, 15) is 9.59 Å². The predicted octanol–water partition coefficient (Wildman–Crippen LogP) is 5.18. The highest BCUT2D eigenvalue weighted by atomic mass is 32.1. The summed E-state index contributed by atoms with van der Waals surface area (Å²) in [7, 11) is 0. The number of benzene rings is 1. The SMILES string of the molecule is Cc1nc(CN(CC(C)C)C(=O)C(Cc2cscn2)NC(=O)OCc2ccc3occc3c2)cs1. The maximum atomic E-state index is 13.6. The number of ether oxygens (including phenoxy) is 1. The summed E-state index contributed by atoms with van der Waals surface area (Å²) in [6, 6.07) is 6.64. The second kappa shape index (κ2) is 11.5. The van der Waals surface area contributed by atoms with Crippen LogP contribution >= 0.6 is 22.7 Å². The Labute approximate surface area is 212 Å². The van der Waals surface area contributed by atoms with E-state index in [4.69, 9.17) is 9.15 Å². The lowest BCUT2D eigenvalue weighted by molar-refractivity contribution is -0.134. The first-order valence-corrected chi connectivity index (χ1v) is 13.2. The Hall–Kier alpha value is -3.24. The minimum Gasteiger partial charge on any atom is -0.464 e. The Bertz CT molecular complexity index is 1270. The van der Waals surface area contributed by atoms with Crippen molar-refractivity contribution in [1.82, 2.24) is 20.2 Å². The molecule has 3 aromatic heterocycles. The summed E-state index contributed by atoms with van der Waals surface area (Å²) in [6.07, 6.45) is 1.25. The number of nitrogens with zero attached hydrogens (tertiary/aromatic N) is 3. The van der Waals surface area contributed by atoms with Gasteiger partial charge in [0.15, 0.2) is 0 Å². The van der Waals surface area contributed by atoms with Crippen LogP contribution in [0.3, 0.4) is 0 Å². The number of carbonyl (C=O) groups excluding carboxylic acids is 2. The van der Waals surface area contributed by atoms with Crippen LogP contribution in [-0.2, 0) is 29.1 Å². The number of carbonyl (C=O) groups is 2. The number of alkyl carbamates (subject to hydrolysis) is 1. The summed E-state index contributed by atoms with van der Waals surface area (Å²) >= 11 is 3.00. The van der Waals surface area contributed by atoms with Crippen LogP contribution in [0.1, 0.15) is 35.8 Å². The molecule has 0 aliphatic rings. The van der Waals surface area contributed by atoms with Crippen molar-refractivity contribution in [2.75, 3.05) is 6.54 Å². The Balaban J connectivity index is 1.45. The third-order valence-corrected chi connectivity index (χ3v) is 6.75. The zero-order chi connectivity index (χ0) is 24.8. The Morgan fingerprint density at radius 1 is 1.20 bits per heavy atom. The van der Waals surface area contributed by atoms with Gasteiger partial charge in [-0.25, -0.2) is 14.8 Å². The number of furan rings is 1. The van der Waals surface area contributed by atoms with E-state index >= 15 is 0 Å². The molecule has 8 nitrogen and oxygen atoms in total. The van der Waals surface area contributed by atoms with Crippen LogP contribution in [0.2, 0.25) is 0 Å². The molecule has 184 valence electrons. The molecular weight excluding hydrogens is 484 g/mol. The summed E-state index contributed by atoms with van der Waals surface area (Å²) in [5, 5.41) is 8.50. The zero-order valence-corrected chi connectivity index (χ0v) is 21.5. The minimum atomic E-state index is -0.806. The summed E-state index contributed by atoms with van der Waals surface area (Å²) in [6.45, 7) is 7.07. The first-order valence-electron chi connectivity index (χ1n) is 11.3. The lowest BCUT2D eigenvalue weighted by atomic mass is 10.1. The quantitative estimate of drug-likeness (QED) is 0.315. The summed E-state index contributed by atoms with van der Waals surface area (Å²) < 4.78 is 10.8. The lowest BCUT2D eigenvalue weighted by Gasteiger charge is -2.28. The highest BCUT2D eigenvalue weighted by Gasteiger charge is 2.28. The van der Waals surface area contributed by atoms with Crippen LogP contribution in [0.25, 0.3) is 11.0 Å². The van der Waals surface area contributed by atoms with Crippen LogP contribution in [-0.4, -0.2) is 39.5 Å². The molecule has 4 aromatic rings. The van der Waals surface area contributed by atoms with Gasteiger partial charge < -0.3 is 19.4 Å². The predicted molar refractivity (Wildman–Crippen MR) is 136 cm³/mol. The Kier molecular flexibility index (Phi) is 8.14. The molecule has 0 saturated carbocycles. The van der Waals surface area contributed by atoms with Crippen LogP contribution in [0.4, 0.5) is 4.79 Å². The monoisotopic (exact) mass is 512 g/mol. The van der Waals surface area contributed by atoms with Crippen molar-refractivity contribution < 1.29 is 18.7 Å².